The quantitative estimate of drug-likeness (QED) is 0.251. The molecule has 0 spiro atoms. The number of aliphatic hydroxyl groups is 1. The predicted octanol–water partition coefficient (Wildman–Crippen LogP) is 4.06. The van der Waals surface area contributed by atoms with Crippen molar-refractivity contribution in [3.8, 4) is 0 Å². The van der Waals surface area contributed by atoms with E-state index < -0.39 is 29.0 Å². The minimum Gasteiger partial charge on any atom is -0.480 e. The van der Waals surface area contributed by atoms with Crippen LogP contribution in [0.3, 0.4) is 0 Å². The van der Waals surface area contributed by atoms with E-state index >= 15 is 0 Å². The summed E-state index contributed by atoms with van der Waals surface area (Å²) in [5, 5.41) is 24.0. The van der Waals surface area contributed by atoms with E-state index in [2.05, 4.69) is 9.90 Å². The van der Waals surface area contributed by atoms with Gasteiger partial charge in [-0.25, -0.2) is 4.79 Å². The zero-order valence-corrected chi connectivity index (χ0v) is 20.0. The van der Waals surface area contributed by atoms with Gasteiger partial charge in [0.2, 0.25) is 5.91 Å². The number of aliphatic carboxylic acids is 1. The Hall–Kier alpha value is -1.19. The van der Waals surface area contributed by atoms with Crippen molar-refractivity contribution in [1.29, 1.82) is 0 Å². The van der Waals surface area contributed by atoms with Crippen LogP contribution in [-0.4, -0.2) is 56.6 Å². The van der Waals surface area contributed by atoms with Gasteiger partial charge in [-0.3, -0.25) is 10.1 Å². The number of hydrogen-bond acceptors (Lipinski definition) is 7. The van der Waals surface area contributed by atoms with Gasteiger partial charge in [0.05, 0.1) is 10.8 Å². The van der Waals surface area contributed by atoms with Crippen molar-refractivity contribution in [2.45, 2.75) is 113 Å². The number of carboxylic acid groups (broad SMARTS) is 1. The molecule has 2 aliphatic carbocycles. The van der Waals surface area contributed by atoms with Crippen molar-refractivity contribution in [3.05, 3.63) is 4.91 Å². The number of carbonyl (C=O) groups excluding carboxylic acids is 1. The number of likely N-dealkylation sites (tertiary alicyclic amines) is 1. The van der Waals surface area contributed by atoms with Gasteiger partial charge in [0.1, 0.15) is 12.3 Å². The Kier molecular flexibility index (Phi) is 9.37. The van der Waals surface area contributed by atoms with Gasteiger partial charge in [-0.2, -0.15) is 0 Å². The molecule has 1 aliphatic heterocycles. The molecule has 3 fully saturated rings. The van der Waals surface area contributed by atoms with Gasteiger partial charge in [0.25, 0.3) is 0 Å². The molecule has 0 aromatic heterocycles. The second-order valence-electron chi connectivity index (χ2n) is 9.98. The van der Waals surface area contributed by atoms with Crippen molar-refractivity contribution < 1.29 is 19.8 Å². The van der Waals surface area contributed by atoms with Gasteiger partial charge < -0.3 is 15.1 Å². The molecule has 32 heavy (non-hydrogen) atoms. The third-order valence-corrected chi connectivity index (χ3v) is 9.04. The van der Waals surface area contributed by atoms with Crippen LogP contribution in [0.2, 0.25) is 0 Å². The van der Waals surface area contributed by atoms with Crippen LogP contribution < -0.4 is 5.32 Å². The van der Waals surface area contributed by atoms with Crippen LogP contribution in [0.5, 0.6) is 0 Å². The fraction of sp³-hybridized carbons (Fsp3) is 0.913. The van der Waals surface area contributed by atoms with Crippen LogP contribution >= 0.6 is 11.9 Å². The molecule has 3 aliphatic rings. The fourth-order valence-corrected chi connectivity index (χ4v) is 7.15. The minimum atomic E-state index is -1.07. The molecule has 2 unspecified atom stereocenters. The molecule has 9 heteroatoms. The van der Waals surface area contributed by atoms with Crippen molar-refractivity contribution >= 4 is 23.8 Å². The predicted molar refractivity (Wildman–Crippen MR) is 125 cm³/mol. The first-order chi connectivity index (χ1) is 15.4. The molecular weight excluding hydrogens is 430 g/mol. The summed E-state index contributed by atoms with van der Waals surface area (Å²) in [7, 11) is 0. The highest BCUT2D eigenvalue weighted by Gasteiger charge is 2.49. The van der Waals surface area contributed by atoms with E-state index in [1.54, 1.807) is 6.92 Å². The van der Waals surface area contributed by atoms with Crippen LogP contribution in [0.1, 0.15) is 90.4 Å². The SMILES string of the molecule is C[C@H](NC(O)C(CC1CCCCC1)(SN=O)C1CCCCC1)C(=O)N1CCC[C@H]1C(=O)O. The maximum absolute atomic E-state index is 13.0. The largest absolute Gasteiger partial charge is 0.480 e. The van der Waals surface area contributed by atoms with Crippen molar-refractivity contribution in [2.75, 3.05) is 6.54 Å². The van der Waals surface area contributed by atoms with Gasteiger partial charge in [0.15, 0.2) is 0 Å². The van der Waals surface area contributed by atoms with Crippen LogP contribution in [-0.2, 0) is 9.59 Å². The van der Waals surface area contributed by atoms with Gasteiger partial charge >= 0.3 is 5.97 Å². The molecule has 0 bridgehead atoms. The summed E-state index contributed by atoms with van der Waals surface area (Å²) >= 11 is 0.961. The van der Waals surface area contributed by atoms with E-state index in [-0.39, 0.29) is 11.8 Å². The normalized spacial score (nSPS) is 26.9. The number of amides is 1. The first-order valence-corrected chi connectivity index (χ1v) is 13.1. The van der Waals surface area contributed by atoms with E-state index in [9.17, 15) is 24.7 Å². The lowest BCUT2D eigenvalue weighted by Gasteiger charge is -2.46. The van der Waals surface area contributed by atoms with Crippen molar-refractivity contribution in [2.24, 2.45) is 16.4 Å². The highest BCUT2D eigenvalue weighted by atomic mass is 32.2. The molecule has 0 radical (unpaired) electrons. The Morgan fingerprint density at radius 1 is 1.06 bits per heavy atom. The Balaban J connectivity index is 1.78. The van der Waals surface area contributed by atoms with Gasteiger partial charge in [-0.15, -0.1) is 4.91 Å². The summed E-state index contributed by atoms with van der Waals surface area (Å²) in [6.45, 7) is 2.09. The van der Waals surface area contributed by atoms with Gasteiger partial charge in [0, 0.05) is 23.1 Å². The van der Waals surface area contributed by atoms with E-state index in [0.29, 0.717) is 31.7 Å². The molecule has 2 saturated carbocycles. The number of carboxylic acids is 1. The van der Waals surface area contributed by atoms with E-state index in [1.807, 2.05) is 0 Å². The second-order valence-corrected chi connectivity index (χ2v) is 11.1. The smallest absolute Gasteiger partial charge is 0.326 e. The Morgan fingerprint density at radius 2 is 1.69 bits per heavy atom. The maximum atomic E-state index is 13.0. The highest BCUT2D eigenvalue weighted by molar-refractivity contribution is 7.99. The lowest BCUT2D eigenvalue weighted by atomic mass is 9.72. The number of nitrogens with one attached hydrogen (secondary N) is 1. The summed E-state index contributed by atoms with van der Waals surface area (Å²) in [4.78, 5) is 37.6. The number of hydrogen-bond donors (Lipinski definition) is 3. The zero-order chi connectivity index (χ0) is 23.1. The second kappa shape index (κ2) is 11.8. The maximum Gasteiger partial charge on any atom is 0.326 e. The lowest BCUT2D eigenvalue weighted by Crippen LogP contribution is -2.59. The summed E-state index contributed by atoms with van der Waals surface area (Å²) in [6, 6.07) is -1.55. The third kappa shape index (κ3) is 5.83. The lowest BCUT2D eigenvalue weighted by molar-refractivity contribution is -0.149. The standard InChI is InChI=1S/C23H39N3O5S/c1-16(20(27)26-14-8-13-19(26)21(28)29)24-22(30)23(32-25-31,18-11-6-3-7-12-18)15-17-9-4-2-5-10-17/h16-19,22,24,30H,2-15H2,1H3,(H,28,29)/t16-,19-,22?,23?/m0/s1. The molecule has 1 heterocycles. The monoisotopic (exact) mass is 469 g/mol. The number of carbonyl (C=O) groups is 2. The molecule has 4 atom stereocenters. The fourth-order valence-electron chi connectivity index (χ4n) is 6.15. The van der Waals surface area contributed by atoms with Crippen molar-refractivity contribution in [1.82, 2.24) is 10.2 Å². The Labute approximate surface area is 195 Å². The molecule has 1 saturated heterocycles. The molecule has 0 aromatic carbocycles. The number of aliphatic hydroxyl groups excluding tert-OH is 1. The highest BCUT2D eigenvalue weighted by Crippen LogP contribution is 2.49. The molecular formula is C23H39N3O5S. The minimum absolute atomic E-state index is 0.157. The van der Waals surface area contributed by atoms with Crippen LogP contribution in [0.25, 0.3) is 0 Å². The number of nitrogens with zero attached hydrogens (tertiary/aromatic N) is 2. The summed E-state index contributed by atoms with van der Waals surface area (Å²) < 4.78 is 2.46. The Morgan fingerprint density at radius 3 is 2.28 bits per heavy atom. The molecule has 8 nitrogen and oxygen atoms in total. The zero-order valence-electron chi connectivity index (χ0n) is 19.2. The first-order valence-electron chi connectivity index (χ1n) is 12.4. The van der Waals surface area contributed by atoms with Crippen LogP contribution in [0.15, 0.2) is 4.58 Å². The summed E-state index contributed by atoms with van der Waals surface area (Å²) in [5.41, 5.74) is 0. The summed E-state index contributed by atoms with van der Waals surface area (Å²) in [6.07, 6.45) is 11.8. The van der Waals surface area contributed by atoms with E-state index in [0.717, 1.165) is 50.5 Å². The molecule has 182 valence electrons. The average molecular weight is 470 g/mol. The molecule has 3 N–H and O–H groups in total. The van der Waals surface area contributed by atoms with Crippen LogP contribution in [0.4, 0.5) is 0 Å². The van der Waals surface area contributed by atoms with Gasteiger partial charge in [-0.1, -0.05) is 51.4 Å². The average Bonchev–Trinajstić information content (AvgIpc) is 3.29. The first kappa shape index (κ1) is 25.4. The van der Waals surface area contributed by atoms with Gasteiger partial charge in [-0.05, 0) is 50.9 Å². The van der Waals surface area contributed by atoms with Crippen LogP contribution in [0, 0.1) is 16.7 Å². The number of rotatable bonds is 10. The molecule has 3 rings (SSSR count). The molecule has 0 aromatic rings. The third-order valence-electron chi connectivity index (χ3n) is 7.90. The van der Waals surface area contributed by atoms with E-state index in [4.69, 9.17) is 0 Å². The number of nitroso groups, excluding NO2 is 1. The topological polar surface area (TPSA) is 119 Å². The van der Waals surface area contributed by atoms with Crippen molar-refractivity contribution in [3.63, 3.8) is 0 Å². The van der Waals surface area contributed by atoms with E-state index in [1.165, 1.54) is 30.6 Å². The summed E-state index contributed by atoms with van der Waals surface area (Å²) in [5.74, 6) is -0.701. The Bertz CT molecular complexity index is 654. The molecule has 1 amide bonds.